The van der Waals surface area contributed by atoms with Crippen LogP contribution in [0.5, 0.6) is 0 Å². The molecule has 0 saturated carbocycles. The Bertz CT molecular complexity index is 2090. The van der Waals surface area contributed by atoms with Gasteiger partial charge >= 0.3 is 0 Å². The van der Waals surface area contributed by atoms with Crippen LogP contribution in [0.15, 0.2) is 81.8 Å². The first-order valence-electron chi connectivity index (χ1n) is 12.6. The summed E-state index contributed by atoms with van der Waals surface area (Å²) in [6.45, 7) is 0. The summed E-state index contributed by atoms with van der Waals surface area (Å²) in [5.41, 5.74) is 1.45. The fraction of sp³-hybridized carbons (Fsp3) is 0.100. The lowest BCUT2D eigenvalue weighted by molar-refractivity contribution is 0.0964. The van der Waals surface area contributed by atoms with Gasteiger partial charge in [-0.3, -0.25) is 9.10 Å². The number of para-hydroxylation sites is 1. The third-order valence-corrected chi connectivity index (χ3v) is 8.04. The van der Waals surface area contributed by atoms with Crippen LogP contribution in [0.25, 0.3) is 56.1 Å². The number of amides is 1. The predicted molar refractivity (Wildman–Crippen MR) is 154 cm³/mol. The minimum Gasteiger partial charge on any atom is -0.455 e. The van der Waals surface area contributed by atoms with Crippen LogP contribution >= 0.6 is 0 Å². The molecule has 42 heavy (non-hydrogen) atoms. The van der Waals surface area contributed by atoms with Gasteiger partial charge in [0, 0.05) is 42.1 Å². The molecule has 3 aromatic heterocycles. The maximum absolute atomic E-state index is 15.1. The second-order valence-corrected chi connectivity index (χ2v) is 11.5. The molecule has 12 heteroatoms. The zero-order chi connectivity index (χ0) is 29.8. The number of fused-ring (bicyclic) bond motifs is 2. The first-order valence-corrected chi connectivity index (χ1v) is 14.4. The van der Waals surface area contributed by atoms with E-state index in [9.17, 15) is 17.6 Å². The lowest BCUT2D eigenvalue weighted by atomic mass is 10.0. The Hall–Kier alpha value is -5.10. The van der Waals surface area contributed by atoms with E-state index in [1.54, 1.807) is 18.2 Å². The fourth-order valence-electron chi connectivity index (χ4n) is 4.67. The van der Waals surface area contributed by atoms with Crippen molar-refractivity contribution in [3.05, 3.63) is 90.1 Å². The van der Waals surface area contributed by atoms with Crippen molar-refractivity contribution in [2.45, 2.75) is 0 Å². The third kappa shape index (κ3) is 4.65. The second-order valence-electron chi connectivity index (χ2n) is 9.53. The van der Waals surface area contributed by atoms with Gasteiger partial charge in [0.25, 0.3) is 5.91 Å². The Morgan fingerprint density at radius 2 is 1.71 bits per heavy atom. The highest BCUT2D eigenvalue weighted by Gasteiger charge is 2.27. The molecule has 0 atom stereocenters. The second kappa shape index (κ2) is 10.1. The van der Waals surface area contributed by atoms with Crippen LogP contribution in [-0.2, 0) is 10.0 Å². The Balaban J connectivity index is 1.63. The largest absolute Gasteiger partial charge is 0.455 e. The molecule has 0 aliphatic heterocycles. The topological polar surface area (TPSA) is 119 Å². The molecule has 0 saturated heterocycles. The van der Waals surface area contributed by atoms with Crippen LogP contribution < -0.4 is 9.62 Å². The van der Waals surface area contributed by atoms with E-state index in [1.165, 1.54) is 50.5 Å². The number of sulfonamides is 1. The van der Waals surface area contributed by atoms with Crippen LogP contribution in [0.3, 0.4) is 0 Å². The van der Waals surface area contributed by atoms with E-state index in [4.69, 9.17) is 8.83 Å². The maximum Gasteiger partial charge on any atom is 0.255 e. The summed E-state index contributed by atoms with van der Waals surface area (Å²) in [4.78, 5) is 21.7. The minimum atomic E-state index is -3.80. The number of anilines is 1. The van der Waals surface area contributed by atoms with E-state index in [0.29, 0.717) is 16.5 Å². The van der Waals surface area contributed by atoms with Crippen molar-refractivity contribution in [1.29, 1.82) is 0 Å². The molecule has 0 spiro atoms. The summed E-state index contributed by atoms with van der Waals surface area (Å²) >= 11 is 0. The van der Waals surface area contributed by atoms with E-state index in [2.05, 4.69) is 15.3 Å². The molecule has 3 heterocycles. The van der Waals surface area contributed by atoms with Crippen LogP contribution in [-0.4, -0.2) is 44.6 Å². The van der Waals surface area contributed by atoms with Crippen LogP contribution in [0.4, 0.5) is 14.5 Å². The molecule has 3 aromatic carbocycles. The monoisotopic (exact) mass is 588 g/mol. The molecular weight excluding hydrogens is 566 g/mol. The summed E-state index contributed by atoms with van der Waals surface area (Å²) in [5, 5.41) is 3.64. The maximum atomic E-state index is 15.1. The molecule has 0 aliphatic carbocycles. The highest BCUT2D eigenvalue weighted by molar-refractivity contribution is 7.92. The van der Waals surface area contributed by atoms with Gasteiger partial charge in [-0.2, -0.15) is 0 Å². The first kappa shape index (κ1) is 27.1. The number of hydrogen-bond acceptors (Lipinski definition) is 7. The molecule has 212 valence electrons. The highest BCUT2D eigenvalue weighted by atomic mass is 32.2. The molecule has 9 nitrogen and oxygen atoms in total. The summed E-state index contributed by atoms with van der Waals surface area (Å²) in [6, 6.07) is 17.2. The highest BCUT2D eigenvalue weighted by Crippen LogP contribution is 2.41. The predicted octanol–water partition coefficient (Wildman–Crippen LogP) is 6.00. The van der Waals surface area contributed by atoms with Crippen molar-refractivity contribution in [1.82, 2.24) is 15.3 Å². The molecule has 0 aliphatic rings. The third-order valence-electron chi connectivity index (χ3n) is 6.85. The lowest BCUT2D eigenvalue weighted by Gasteiger charge is -2.20. The van der Waals surface area contributed by atoms with Crippen molar-refractivity contribution < 1.29 is 30.8 Å². The SMILES string of the molecule is CNC(=O)c1c(-c2ccc(F)cc2)oc2cc(N(C)S(C)(=O)=O)c(-c3ncc(F)c(-c4cc5ccccc5o4)n3)cc12. The lowest BCUT2D eigenvalue weighted by Crippen LogP contribution is -2.25. The number of benzene rings is 3. The summed E-state index contributed by atoms with van der Waals surface area (Å²) in [5.74, 6) is -1.42. The number of nitrogens with zero attached hydrogens (tertiary/aromatic N) is 3. The number of carbonyl (C=O) groups is 1. The molecule has 1 N–H and O–H groups in total. The molecule has 0 bridgehead atoms. The van der Waals surface area contributed by atoms with Crippen molar-refractivity contribution in [2.75, 3.05) is 24.7 Å². The summed E-state index contributed by atoms with van der Waals surface area (Å²) < 4.78 is 66.9. The average Bonchev–Trinajstić information content (AvgIpc) is 3.57. The average molecular weight is 589 g/mol. The molecule has 1 amide bonds. The number of rotatable bonds is 6. The summed E-state index contributed by atoms with van der Waals surface area (Å²) in [7, 11) is -1.01. The van der Waals surface area contributed by atoms with Crippen LogP contribution in [0.1, 0.15) is 10.4 Å². The minimum absolute atomic E-state index is 0.0216. The molecule has 6 aromatic rings. The van der Waals surface area contributed by atoms with E-state index < -0.39 is 27.6 Å². The van der Waals surface area contributed by atoms with Gasteiger partial charge in [-0.1, -0.05) is 18.2 Å². The number of halogens is 2. The Morgan fingerprint density at radius 1 is 0.976 bits per heavy atom. The smallest absolute Gasteiger partial charge is 0.255 e. The van der Waals surface area contributed by atoms with Gasteiger partial charge in [0.2, 0.25) is 10.0 Å². The zero-order valence-electron chi connectivity index (χ0n) is 22.5. The van der Waals surface area contributed by atoms with Gasteiger partial charge in [-0.15, -0.1) is 0 Å². The van der Waals surface area contributed by atoms with Crippen molar-refractivity contribution >= 4 is 43.6 Å². The number of carbonyl (C=O) groups excluding carboxylic acids is 1. The normalized spacial score (nSPS) is 11.7. The molecule has 0 fully saturated rings. The van der Waals surface area contributed by atoms with Gasteiger partial charge in [-0.05, 0) is 42.5 Å². The van der Waals surface area contributed by atoms with Gasteiger partial charge in [0.05, 0.1) is 23.7 Å². The number of hydrogen-bond donors (Lipinski definition) is 1. The zero-order valence-corrected chi connectivity index (χ0v) is 23.3. The molecule has 0 radical (unpaired) electrons. The molecule has 6 rings (SSSR count). The number of furan rings is 2. The van der Waals surface area contributed by atoms with E-state index in [0.717, 1.165) is 22.1 Å². The van der Waals surface area contributed by atoms with E-state index in [-0.39, 0.29) is 45.4 Å². The summed E-state index contributed by atoms with van der Waals surface area (Å²) in [6.07, 6.45) is 1.99. The van der Waals surface area contributed by atoms with Gasteiger partial charge < -0.3 is 14.2 Å². The molecular formula is C30H22F2N4O5S. The Labute approximate surface area is 238 Å². The van der Waals surface area contributed by atoms with Gasteiger partial charge in [-0.25, -0.2) is 27.2 Å². The first-order chi connectivity index (χ1) is 20.0. The van der Waals surface area contributed by atoms with Crippen molar-refractivity contribution in [3.8, 4) is 34.2 Å². The number of nitrogens with one attached hydrogen (secondary N) is 1. The quantitative estimate of drug-likeness (QED) is 0.253. The van der Waals surface area contributed by atoms with Crippen LogP contribution in [0.2, 0.25) is 0 Å². The fourth-order valence-corrected chi connectivity index (χ4v) is 5.18. The van der Waals surface area contributed by atoms with E-state index in [1.807, 2.05) is 12.1 Å². The Morgan fingerprint density at radius 3 is 2.40 bits per heavy atom. The van der Waals surface area contributed by atoms with Crippen molar-refractivity contribution in [2.24, 2.45) is 0 Å². The molecule has 0 unspecified atom stereocenters. The van der Waals surface area contributed by atoms with E-state index >= 15 is 4.39 Å². The van der Waals surface area contributed by atoms with Crippen LogP contribution in [0, 0.1) is 11.6 Å². The van der Waals surface area contributed by atoms with Gasteiger partial charge in [0.1, 0.15) is 28.4 Å². The van der Waals surface area contributed by atoms with Crippen molar-refractivity contribution in [3.63, 3.8) is 0 Å². The Kier molecular flexibility index (Phi) is 6.49. The number of aromatic nitrogens is 2. The standard InChI is InChI=1S/C30H22F2N4O5S/c1-33-30(37)26-20-13-19(29-34-15-21(32)27(35-29)25-12-17-6-4-5-7-23(17)40-25)22(36(2)42(3,38)39)14-24(20)41-28(26)16-8-10-18(31)11-9-16/h4-15H,1-3H3,(H,33,37). The van der Waals surface area contributed by atoms with Gasteiger partial charge in [0.15, 0.2) is 17.4 Å².